The molecule has 1 aromatic rings. The summed E-state index contributed by atoms with van der Waals surface area (Å²) in [5.74, 6) is 1.93. The standard InChI is InChI=1S/C15H25N3O/c1-12-8-7-9-13(2)14(12)19-11-10-16-15(17(3)4)18(5)6/h7-9H,10-11H2,1-6H3. The molecule has 0 N–H and O–H groups in total. The number of aryl methyl sites for hydroxylation is 2. The molecule has 0 heterocycles. The predicted octanol–water partition coefficient (Wildman–Crippen LogP) is 2.16. The number of para-hydroxylation sites is 1. The zero-order chi connectivity index (χ0) is 14.4. The second-order valence-corrected chi connectivity index (χ2v) is 5.04. The van der Waals surface area contributed by atoms with Crippen LogP contribution in [0.1, 0.15) is 11.1 Å². The summed E-state index contributed by atoms with van der Waals surface area (Å²) in [4.78, 5) is 8.54. The van der Waals surface area contributed by atoms with E-state index in [4.69, 9.17) is 4.74 Å². The van der Waals surface area contributed by atoms with Crippen molar-refractivity contribution in [1.29, 1.82) is 0 Å². The van der Waals surface area contributed by atoms with Crippen LogP contribution in [0.25, 0.3) is 0 Å². The van der Waals surface area contributed by atoms with Crippen molar-refractivity contribution in [3.63, 3.8) is 0 Å². The molecule has 106 valence electrons. The quantitative estimate of drug-likeness (QED) is 0.473. The summed E-state index contributed by atoms with van der Waals surface area (Å²) in [5.41, 5.74) is 2.34. The van der Waals surface area contributed by atoms with E-state index in [1.165, 1.54) is 11.1 Å². The van der Waals surface area contributed by atoms with E-state index >= 15 is 0 Å². The first kappa shape index (κ1) is 15.3. The van der Waals surface area contributed by atoms with Crippen LogP contribution in [0.15, 0.2) is 23.2 Å². The highest BCUT2D eigenvalue weighted by Crippen LogP contribution is 2.21. The van der Waals surface area contributed by atoms with Crippen molar-refractivity contribution in [2.24, 2.45) is 4.99 Å². The summed E-state index contributed by atoms with van der Waals surface area (Å²) >= 11 is 0. The number of nitrogens with zero attached hydrogens (tertiary/aromatic N) is 3. The zero-order valence-electron chi connectivity index (χ0n) is 12.9. The van der Waals surface area contributed by atoms with Gasteiger partial charge in [0, 0.05) is 28.2 Å². The van der Waals surface area contributed by atoms with Crippen LogP contribution < -0.4 is 4.74 Å². The minimum Gasteiger partial charge on any atom is -0.491 e. The minimum absolute atomic E-state index is 0.594. The summed E-state index contributed by atoms with van der Waals surface area (Å²) < 4.78 is 5.83. The molecule has 0 fully saturated rings. The van der Waals surface area contributed by atoms with Crippen LogP contribution in [0.2, 0.25) is 0 Å². The van der Waals surface area contributed by atoms with Crippen molar-refractivity contribution in [1.82, 2.24) is 9.80 Å². The van der Waals surface area contributed by atoms with E-state index in [-0.39, 0.29) is 0 Å². The fourth-order valence-electron chi connectivity index (χ4n) is 2.00. The van der Waals surface area contributed by atoms with Crippen LogP contribution in [0, 0.1) is 13.8 Å². The Labute approximate surface area is 116 Å². The first-order chi connectivity index (χ1) is 8.93. The average molecular weight is 263 g/mol. The lowest BCUT2D eigenvalue weighted by Crippen LogP contribution is -2.35. The van der Waals surface area contributed by atoms with E-state index in [0.29, 0.717) is 13.2 Å². The molecule has 0 aliphatic rings. The highest BCUT2D eigenvalue weighted by molar-refractivity contribution is 5.79. The van der Waals surface area contributed by atoms with Gasteiger partial charge in [-0.25, -0.2) is 4.99 Å². The van der Waals surface area contributed by atoms with Gasteiger partial charge in [-0.05, 0) is 25.0 Å². The third-order valence-corrected chi connectivity index (χ3v) is 2.80. The van der Waals surface area contributed by atoms with Crippen LogP contribution in [-0.2, 0) is 0 Å². The van der Waals surface area contributed by atoms with Gasteiger partial charge in [0.15, 0.2) is 5.96 Å². The van der Waals surface area contributed by atoms with Crippen molar-refractivity contribution >= 4 is 5.96 Å². The number of aliphatic imine (C=N–C) groups is 1. The van der Waals surface area contributed by atoms with Crippen LogP contribution in [0.5, 0.6) is 5.75 Å². The molecule has 0 aliphatic carbocycles. The Morgan fingerprint density at radius 2 is 1.58 bits per heavy atom. The van der Waals surface area contributed by atoms with Crippen molar-refractivity contribution < 1.29 is 4.74 Å². The molecule has 0 radical (unpaired) electrons. The Morgan fingerprint density at radius 3 is 2.05 bits per heavy atom. The van der Waals surface area contributed by atoms with Crippen LogP contribution in [-0.4, -0.2) is 57.1 Å². The number of hydrogen-bond donors (Lipinski definition) is 0. The van der Waals surface area contributed by atoms with E-state index in [2.05, 4.69) is 31.0 Å². The number of rotatable bonds is 4. The Morgan fingerprint density at radius 1 is 1.05 bits per heavy atom. The molecular weight excluding hydrogens is 238 g/mol. The predicted molar refractivity (Wildman–Crippen MR) is 81.1 cm³/mol. The van der Waals surface area contributed by atoms with Crippen molar-refractivity contribution in [2.75, 3.05) is 41.3 Å². The monoisotopic (exact) mass is 263 g/mol. The molecule has 4 nitrogen and oxygen atoms in total. The molecule has 0 aliphatic heterocycles. The molecular formula is C15H25N3O. The van der Waals surface area contributed by atoms with Crippen LogP contribution in [0.4, 0.5) is 0 Å². The molecule has 1 aromatic carbocycles. The van der Waals surface area contributed by atoms with Crippen LogP contribution >= 0.6 is 0 Å². The van der Waals surface area contributed by atoms with Gasteiger partial charge >= 0.3 is 0 Å². The second kappa shape index (κ2) is 7.02. The molecule has 1 rings (SSSR count). The normalized spacial score (nSPS) is 10.0. The zero-order valence-corrected chi connectivity index (χ0v) is 12.9. The fraction of sp³-hybridized carbons (Fsp3) is 0.533. The van der Waals surface area contributed by atoms with Gasteiger partial charge in [0.05, 0.1) is 6.54 Å². The van der Waals surface area contributed by atoms with Gasteiger partial charge in [0.1, 0.15) is 12.4 Å². The molecule has 0 saturated carbocycles. The Balaban J connectivity index is 2.57. The molecule has 19 heavy (non-hydrogen) atoms. The van der Waals surface area contributed by atoms with E-state index in [1.807, 2.05) is 44.1 Å². The Bertz CT molecular complexity index is 409. The molecule has 0 atom stereocenters. The molecule has 4 heteroatoms. The fourth-order valence-corrected chi connectivity index (χ4v) is 2.00. The summed E-state index contributed by atoms with van der Waals surface area (Å²) in [7, 11) is 7.97. The summed E-state index contributed by atoms with van der Waals surface area (Å²) in [5, 5.41) is 0. The van der Waals surface area contributed by atoms with E-state index in [0.717, 1.165) is 11.7 Å². The Hall–Kier alpha value is -1.71. The Kier molecular flexibility index (Phi) is 5.67. The molecule has 0 saturated heterocycles. The second-order valence-electron chi connectivity index (χ2n) is 5.04. The first-order valence-electron chi connectivity index (χ1n) is 6.51. The molecule has 0 bridgehead atoms. The summed E-state index contributed by atoms with van der Waals surface area (Å²) in [6.45, 7) is 5.38. The molecule has 0 unspecified atom stereocenters. The molecule has 0 amide bonds. The van der Waals surface area contributed by atoms with Crippen molar-refractivity contribution in [3.8, 4) is 5.75 Å². The minimum atomic E-state index is 0.594. The number of benzene rings is 1. The highest BCUT2D eigenvalue weighted by Gasteiger charge is 2.05. The highest BCUT2D eigenvalue weighted by atomic mass is 16.5. The van der Waals surface area contributed by atoms with Gasteiger partial charge in [-0.15, -0.1) is 0 Å². The van der Waals surface area contributed by atoms with Gasteiger partial charge in [0.2, 0.25) is 0 Å². The van der Waals surface area contributed by atoms with Crippen molar-refractivity contribution in [3.05, 3.63) is 29.3 Å². The lowest BCUT2D eigenvalue weighted by Gasteiger charge is -2.22. The molecule has 0 spiro atoms. The van der Waals surface area contributed by atoms with E-state index < -0.39 is 0 Å². The summed E-state index contributed by atoms with van der Waals surface area (Å²) in [6, 6.07) is 6.18. The number of ether oxygens (including phenoxy) is 1. The average Bonchev–Trinajstić information content (AvgIpc) is 2.31. The van der Waals surface area contributed by atoms with Gasteiger partial charge in [-0.1, -0.05) is 18.2 Å². The molecule has 0 aromatic heterocycles. The number of guanidine groups is 1. The lowest BCUT2D eigenvalue weighted by atomic mass is 10.1. The topological polar surface area (TPSA) is 28.1 Å². The summed E-state index contributed by atoms with van der Waals surface area (Å²) in [6.07, 6.45) is 0. The van der Waals surface area contributed by atoms with Gasteiger partial charge in [-0.2, -0.15) is 0 Å². The maximum absolute atomic E-state index is 5.83. The van der Waals surface area contributed by atoms with E-state index in [9.17, 15) is 0 Å². The van der Waals surface area contributed by atoms with Crippen molar-refractivity contribution in [2.45, 2.75) is 13.8 Å². The third kappa shape index (κ3) is 4.47. The van der Waals surface area contributed by atoms with Gasteiger partial charge < -0.3 is 14.5 Å². The van der Waals surface area contributed by atoms with Gasteiger partial charge in [0.25, 0.3) is 0 Å². The maximum Gasteiger partial charge on any atom is 0.195 e. The third-order valence-electron chi connectivity index (χ3n) is 2.80. The lowest BCUT2D eigenvalue weighted by molar-refractivity contribution is 0.322. The van der Waals surface area contributed by atoms with Gasteiger partial charge in [-0.3, -0.25) is 0 Å². The largest absolute Gasteiger partial charge is 0.491 e. The van der Waals surface area contributed by atoms with E-state index in [1.54, 1.807) is 0 Å². The maximum atomic E-state index is 5.83. The van der Waals surface area contributed by atoms with Crippen LogP contribution in [0.3, 0.4) is 0 Å². The first-order valence-corrected chi connectivity index (χ1v) is 6.51. The smallest absolute Gasteiger partial charge is 0.195 e. The SMILES string of the molecule is Cc1cccc(C)c1OCCN=C(N(C)C)N(C)C. The number of hydrogen-bond acceptors (Lipinski definition) is 2.